The Labute approximate surface area is 122 Å². The largest absolute Gasteiger partial charge is 0.411 e. The quantitative estimate of drug-likeness (QED) is 0.293. The molecule has 110 valence electrons. The molecule has 6 nitrogen and oxygen atoms in total. The summed E-state index contributed by atoms with van der Waals surface area (Å²) < 4.78 is 0. The highest BCUT2D eigenvalue weighted by Gasteiger charge is 2.38. The lowest BCUT2D eigenvalue weighted by atomic mass is 10.1. The molecule has 0 saturated carbocycles. The smallest absolute Gasteiger partial charge is 0.329 e. The number of nitrogens with one attached hydrogen (secondary N) is 1. The number of nitrogens with zero attached hydrogens (tertiary/aromatic N) is 2. The summed E-state index contributed by atoms with van der Waals surface area (Å²) in [6, 6.07) is 5.67. The van der Waals surface area contributed by atoms with E-state index in [4.69, 9.17) is 5.21 Å². The van der Waals surface area contributed by atoms with Crippen LogP contribution in [0.4, 0.5) is 10.5 Å². The van der Waals surface area contributed by atoms with Gasteiger partial charge < -0.3 is 10.5 Å². The Bertz CT molecular complexity index is 620. The van der Waals surface area contributed by atoms with Gasteiger partial charge in [-0.2, -0.15) is 0 Å². The molecular weight excluding hydrogens is 270 g/mol. The van der Waals surface area contributed by atoms with E-state index >= 15 is 0 Å². The van der Waals surface area contributed by atoms with E-state index in [0.29, 0.717) is 23.4 Å². The van der Waals surface area contributed by atoms with E-state index < -0.39 is 12.1 Å². The molecule has 0 aliphatic carbocycles. The molecule has 1 aromatic rings. The zero-order valence-electron chi connectivity index (χ0n) is 12.0. The van der Waals surface area contributed by atoms with Crippen molar-refractivity contribution < 1.29 is 14.8 Å². The lowest BCUT2D eigenvalue weighted by Crippen LogP contribution is -2.31. The van der Waals surface area contributed by atoms with Gasteiger partial charge >= 0.3 is 6.03 Å². The van der Waals surface area contributed by atoms with Crippen molar-refractivity contribution in [2.24, 2.45) is 5.16 Å². The first-order valence-electron chi connectivity index (χ1n) is 6.52. The fourth-order valence-electron chi connectivity index (χ4n) is 2.17. The lowest BCUT2D eigenvalue weighted by Gasteiger charge is -2.13. The lowest BCUT2D eigenvalue weighted by molar-refractivity contribution is -0.118. The van der Waals surface area contributed by atoms with Gasteiger partial charge in [-0.1, -0.05) is 22.9 Å². The minimum Gasteiger partial charge on any atom is -0.411 e. The first-order chi connectivity index (χ1) is 9.93. The van der Waals surface area contributed by atoms with Crippen LogP contribution in [-0.4, -0.2) is 28.9 Å². The summed E-state index contributed by atoms with van der Waals surface area (Å²) in [6.45, 7) is 7.23. The number of carbonyl (C=O) groups excluding carboxylic acids is 2. The fourth-order valence-corrected chi connectivity index (χ4v) is 2.17. The molecule has 1 saturated heterocycles. The minimum atomic E-state index is -0.560. The molecule has 21 heavy (non-hydrogen) atoms. The standard InChI is InChI=1S/C15H17N3O3/c1-9(2)8-13-14(19)18(15(20)16-13)12-6-4-11(5-7-12)10(3)17-21/h4-7,13,21H,1,8H2,2-3H3,(H,16,20). The van der Waals surface area contributed by atoms with Crippen molar-refractivity contribution >= 4 is 23.3 Å². The Balaban J connectivity index is 2.23. The number of hydrogen-bond donors (Lipinski definition) is 2. The van der Waals surface area contributed by atoms with E-state index in [2.05, 4.69) is 17.1 Å². The summed E-state index contributed by atoms with van der Waals surface area (Å²) in [4.78, 5) is 25.3. The van der Waals surface area contributed by atoms with E-state index in [1.54, 1.807) is 31.2 Å². The van der Waals surface area contributed by atoms with Crippen molar-refractivity contribution in [1.82, 2.24) is 5.32 Å². The molecule has 1 aliphatic heterocycles. The van der Waals surface area contributed by atoms with Crippen LogP contribution in [0.2, 0.25) is 0 Å². The van der Waals surface area contributed by atoms with Crippen molar-refractivity contribution in [2.45, 2.75) is 26.3 Å². The van der Waals surface area contributed by atoms with Gasteiger partial charge in [0.2, 0.25) is 0 Å². The first kappa shape index (κ1) is 14.8. The van der Waals surface area contributed by atoms with Gasteiger partial charge in [-0.25, -0.2) is 9.69 Å². The average Bonchev–Trinajstić information content (AvgIpc) is 2.72. The van der Waals surface area contributed by atoms with Crippen LogP contribution in [0, 0.1) is 0 Å². The van der Waals surface area contributed by atoms with Crippen LogP contribution >= 0.6 is 0 Å². The Morgan fingerprint density at radius 3 is 2.48 bits per heavy atom. The average molecular weight is 287 g/mol. The predicted octanol–water partition coefficient (Wildman–Crippen LogP) is 2.28. The van der Waals surface area contributed by atoms with Crippen LogP contribution < -0.4 is 10.2 Å². The molecule has 0 radical (unpaired) electrons. The molecule has 2 rings (SSSR count). The van der Waals surface area contributed by atoms with Gasteiger partial charge in [0.1, 0.15) is 6.04 Å². The summed E-state index contributed by atoms with van der Waals surface area (Å²) in [5.74, 6) is -0.289. The number of anilines is 1. The van der Waals surface area contributed by atoms with Gasteiger partial charge in [-0.3, -0.25) is 4.79 Å². The third-order valence-corrected chi connectivity index (χ3v) is 3.27. The van der Waals surface area contributed by atoms with E-state index in [-0.39, 0.29) is 5.91 Å². The number of rotatable bonds is 4. The summed E-state index contributed by atoms with van der Waals surface area (Å²) in [6.07, 6.45) is 0.426. The van der Waals surface area contributed by atoms with E-state index in [1.165, 1.54) is 0 Å². The zero-order valence-corrected chi connectivity index (χ0v) is 12.0. The van der Waals surface area contributed by atoms with Crippen molar-refractivity contribution in [3.63, 3.8) is 0 Å². The van der Waals surface area contributed by atoms with Crippen LogP contribution in [0.1, 0.15) is 25.8 Å². The maximum atomic E-state index is 12.3. The predicted molar refractivity (Wildman–Crippen MR) is 79.7 cm³/mol. The van der Waals surface area contributed by atoms with Crippen LogP contribution in [-0.2, 0) is 4.79 Å². The van der Waals surface area contributed by atoms with Gasteiger partial charge in [0, 0.05) is 0 Å². The summed E-state index contributed by atoms with van der Waals surface area (Å²) in [5, 5.41) is 14.5. The van der Waals surface area contributed by atoms with Crippen molar-refractivity contribution in [2.75, 3.05) is 4.90 Å². The molecule has 0 bridgehead atoms. The number of urea groups is 1. The van der Waals surface area contributed by atoms with Crippen LogP contribution in [0.25, 0.3) is 0 Å². The third-order valence-electron chi connectivity index (χ3n) is 3.27. The van der Waals surface area contributed by atoms with Gasteiger partial charge in [0.25, 0.3) is 5.91 Å². The van der Waals surface area contributed by atoms with Gasteiger partial charge in [0.05, 0.1) is 11.4 Å². The monoisotopic (exact) mass is 287 g/mol. The highest BCUT2D eigenvalue weighted by molar-refractivity contribution is 6.21. The molecule has 6 heteroatoms. The minimum absolute atomic E-state index is 0.289. The summed E-state index contributed by atoms with van der Waals surface area (Å²) in [5.41, 5.74) is 2.49. The Hall–Kier alpha value is -2.63. The second-order valence-electron chi connectivity index (χ2n) is 5.07. The van der Waals surface area contributed by atoms with Crippen molar-refractivity contribution in [1.29, 1.82) is 0 Å². The van der Waals surface area contributed by atoms with E-state index in [0.717, 1.165) is 10.5 Å². The molecule has 1 aliphatic rings. The highest BCUT2D eigenvalue weighted by Crippen LogP contribution is 2.22. The van der Waals surface area contributed by atoms with E-state index in [9.17, 15) is 9.59 Å². The van der Waals surface area contributed by atoms with Crippen LogP contribution in [0.15, 0.2) is 41.6 Å². The number of carbonyl (C=O) groups is 2. The number of hydrogen-bond acceptors (Lipinski definition) is 4. The highest BCUT2D eigenvalue weighted by atomic mass is 16.4. The second-order valence-corrected chi connectivity index (χ2v) is 5.07. The molecule has 2 N–H and O–H groups in total. The van der Waals surface area contributed by atoms with Gasteiger partial charge in [-0.05, 0) is 38.0 Å². The molecule has 1 atom stereocenters. The number of imide groups is 1. The molecule has 3 amide bonds. The third kappa shape index (κ3) is 2.94. The van der Waals surface area contributed by atoms with Crippen molar-refractivity contribution in [3.8, 4) is 0 Å². The number of benzene rings is 1. The Kier molecular flexibility index (Phi) is 4.07. The van der Waals surface area contributed by atoms with Gasteiger partial charge in [0.15, 0.2) is 0 Å². The normalized spacial score (nSPS) is 18.9. The molecule has 0 aromatic heterocycles. The van der Waals surface area contributed by atoms with Gasteiger partial charge in [-0.15, -0.1) is 6.58 Å². The SMILES string of the molecule is C=C(C)CC1NC(=O)N(c2ccc(C(C)=NO)cc2)C1=O. The number of amides is 3. The molecule has 1 heterocycles. The molecule has 0 spiro atoms. The Morgan fingerprint density at radius 2 is 1.95 bits per heavy atom. The van der Waals surface area contributed by atoms with Crippen LogP contribution in [0.3, 0.4) is 0 Å². The van der Waals surface area contributed by atoms with Crippen molar-refractivity contribution in [3.05, 3.63) is 42.0 Å². The molecule has 1 unspecified atom stereocenters. The molecular formula is C15H17N3O3. The summed E-state index contributed by atoms with van der Waals surface area (Å²) in [7, 11) is 0. The summed E-state index contributed by atoms with van der Waals surface area (Å²) >= 11 is 0. The topological polar surface area (TPSA) is 82.0 Å². The molecule has 1 aromatic carbocycles. The maximum Gasteiger partial charge on any atom is 0.329 e. The molecule has 1 fully saturated rings. The van der Waals surface area contributed by atoms with Crippen LogP contribution in [0.5, 0.6) is 0 Å². The maximum absolute atomic E-state index is 12.3. The Morgan fingerprint density at radius 1 is 1.33 bits per heavy atom. The number of oxime groups is 1. The fraction of sp³-hybridized carbons (Fsp3) is 0.267. The first-order valence-corrected chi connectivity index (χ1v) is 6.52. The zero-order chi connectivity index (χ0) is 15.6. The second kappa shape index (κ2) is 5.78. The van der Waals surface area contributed by atoms with E-state index in [1.807, 2.05) is 6.92 Å².